The zero-order valence-electron chi connectivity index (χ0n) is 13.1. The van der Waals surface area contributed by atoms with Crippen LogP contribution in [-0.4, -0.2) is 23.1 Å². The van der Waals surface area contributed by atoms with Crippen LogP contribution in [0.25, 0.3) is 0 Å². The molecule has 0 nitrogen and oxygen atoms in total. The van der Waals surface area contributed by atoms with E-state index in [0.29, 0.717) is 0 Å². The molecule has 0 fully saturated rings. The van der Waals surface area contributed by atoms with Gasteiger partial charge in [0, 0.05) is 0 Å². The smallest absolute Gasteiger partial charge is 0.269 e. The molecule has 0 unspecified atom stereocenters. The number of rotatable bonds is 4. The summed E-state index contributed by atoms with van der Waals surface area (Å²) in [6.07, 6.45) is 18.0. The van der Waals surface area contributed by atoms with E-state index in [1.54, 1.807) is 0 Å². The summed E-state index contributed by atoms with van der Waals surface area (Å²) in [4.78, 5) is 0. The first-order valence-electron chi connectivity index (χ1n) is 7.34. The van der Waals surface area contributed by atoms with Gasteiger partial charge in [0.05, 0.1) is 0 Å². The fourth-order valence-corrected chi connectivity index (χ4v) is 2.49. The van der Waals surface area contributed by atoms with Gasteiger partial charge >= 0.3 is 23.1 Å². The Hall–Kier alpha value is -0.274. The Morgan fingerprint density at radius 2 is 1.11 bits per heavy atom. The van der Waals surface area contributed by atoms with E-state index >= 15 is 0 Å². The van der Waals surface area contributed by atoms with Gasteiger partial charge in [-0.3, -0.25) is 12.2 Å². The molecular formula is C18H26Mg. The summed E-state index contributed by atoms with van der Waals surface area (Å²) in [6.45, 7) is 8.79. The van der Waals surface area contributed by atoms with E-state index in [4.69, 9.17) is 0 Å². The normalized spacial score (nSPS) is 16.6. The van der Waals surface area contributed by atoms with Crippen molar-refractivity contribution in [2.24, 2.45) is 0 Å². The van der Waals surface area contributed by atoms with Crippen LogP contribution in [0.4, 0.5) is 0 Å². The van der Waals surface area contributed by atoms with Gasteiger partial charge in [-0.05, 0) is 0 Å². The van der Waals surface area contributed by atoms with Crippen LogP contribution in [0.15, 0.2) is 34.4 Å². The molecule has 0 amide bonds. The predicted octanol–water partition coefficient (Wildman–Crippen LogP) is 5.35. The van der Waals surface area contributed by atoms with Gasteiger partial charge in [0.15, 0.2) is 0 Å². The van der Waals surface area contributed by atoms with Crippen molar-refractivity contribution in [1.82, 2.24) is 0 Å². The maximum absolute atomic E-state index is 3.33. The van der Waals surface area contributed by atoms with Crippen LogP contribution in [0.3, 0.4) is 0 Å². The van der Waals surface area contributed by atoms with Gasteiger partial charge in [-0.1, -0.05) is 53.4 Å². The molecule has 0 aromatic rings. The summed E-state index contributed by atoms with van der Waals surface area (Å²) < 4.78 is 0. The van der Waals surface area contributed by atoms with Gasteiger partial charge in [-0.25, -0.2) is 11.1 Å². The third kappa shape index (κ3) is 5.70. The van der Waals surface area contributed by atoms with E-state index in [9.17, 15) is 0 Å². The Morgan fingerprint density at radius 3 is 1.32 bits per heavy atom. The summed E-state index contributed by atoms with van der Waals surface area (Å²) in [6, 6.07) is 0. The van der Waals surface area contributed by atoms with Crippen LogP contribution >= 0.6 is 0 Å². The molecule has 100 valence electrons. The van der Waals surface area contributed by atoms with Crippen molar-refractivity contribution in [3.63, 3.8) is 0 Å². The zero-order chi connectivity index (χ0) is 13.4. The van der Waals surface area contributed by atoms with Gasteiger partial charge in [-0.2, -0.15) is 23.3 Å². The molecule has 2 aliphatic rings. The van der Waals surface area contributed by atoms with Crippen LogP contribution in [0, 0.1) is 12.2 Å². The van der Waals surface area contributed by atoms with Gasteiger partial charge in [0.25, 0.3) is 0 Å². The predicted molar refractivity (Wildman–Crippen MR) is 85.8 cm³/mol. The summed E-state index contributed by atoms with van der Waals surface area (Å²) in [5.41, 5.74) is 5.91. The van der Waals surface area contributed by atoms with E-state index in [-0.39, 0.29) is 23.1 Å². The van der Waals surface area contributed by atoms with Gasteiger partial charge in [0.1, 0.15) is 0 Å². The molecule has 0 saturated heterocycles. The molecule has 19 heavy (non-hydrogen) atoms. The summed E-state index contributed by atoms with van der Waals surface area (Å²) in [5, 5.41) is 0. The third-order valence-electron chi connectivity index (χ3n) is 3.57. The van der Waals surface area contributed by atoms with Crippen molar-refractivity contribution >= 4 is 23.1 Å². The minimum absolute atomic E-state index is 0. The van der Waals surface area contributed by atoms with Crippen molar-refractivity contribution in [1.29, 1.82) is 0 Å². The number of hydrogen-bond acceptors (Lipinski definition) is 0. The Morgan fingerprint density at radius 1 is 0.737 bits per heavy atom. The molecule has 1 heteroatoms. The number of allylic oxidation sites excluding steroid dienone is 8. The Bertz CT molecular complexity index is 306. The van der Waals surface area contributed by atoms with Crippen molar-refractivity contribution in [3.8, 4) is 0 Å². The minimum atomic E-state index is 0. The fourth-order valence-electron chi connectivity index (χ4n) is 2.49. The molecule has 2 aliphatic carbocycles. The maximum Gasteiger partial charge on any atom is 2.00 e. The zero-order valence-corrected chi connectivity index (χ0v) is 14.5. The van der Waals surface area contributed by atoms with Crippen molar-refractivity contribution in [2.75, 3.05) is 0 Å². The topological polar surface area (TPSA) is 0 Å². The summed E-state index contributed by atoms with van der Waals surface area (Å²) in [5.74, 6) is 0. The molecule has 0 aliphatic heterocycles. The Balaban J connectivity index is 0.000000324. The summed E-state index contributed by atoms with van der Waals surface area (Å²) in [7, 11) is 0. The van der Waals surface area contributed by atoms with Crippen LogP contribution in [-0.2, 0) is 0 Å². The average molecular weight is 267 g/mol. The summed E-state index contributed by atoms with van der Waals surface area (Å²) >= 11 is 0. The molecule has 2 rings (SSSR count). The molecule has 0 aromatic heterocycles. The van der Waals surface area contributed by atoms with E-state index in [1.807, 2.05) is 0 Å². The minimum Gasteiger partial charge on any atom is -0.269 e. The van der Waals surface area contributed by atoms with Crippen LogP contribution in [0.2, 0.25) is 0 Å². The quantitative estimate of drug-likeness (QED) is 0.475. The van der Waals surface area contributed by atoms with Crippen molar-refractivity contribution < 1.29 is 0 Å². The molecule has 0 N–H and O–H groups in total. The molecular weight excluding hydrogens is 241 g/mol. The molecule has 0 bridgehead atoms. The van der Waals surface area contributed by atoms with Gasteiger partial charge in [0.2, 0.25) is 0 Å². The third-order valence-corrected chi connectivity index (χ3v) is 3.57. The van der Waals surface area contributed by atoms with E-state index in [1.165, 1.54) is 35.1 Å². The number of hydrogen-bond donors (Lipinski definition) is 0. The largest absolute Gasteiger partial charge is 2.00 e. The van der Waals surface area contributed by atoms with E-state index in [2.05, 4.69) is 52.0 Å². The van der Waals surface area contributed by atoms with E-state index in [0.717, 1.165) is 25.7 Å². The van der Waals surface area contributed by atoms with Crippen molar-refractivity contribution in [3.05, 3.63) is 46.6 Å². The van der Waals surface area contributed by atoms with Crippen LogP contribution < -0.4 is 0 Å². The second kappa shape index (κ2) is 10.5. The first-order chi connectivity index (χ1) is 8.76. The molecule has 0 saturated carbocycles. The molecule has 0 radical (unpaired) electrons. The fraction of sp³-hybridized carbons (Fsp3) is 0.556. The second-order valence-corrected chi connectivity index (χ2v) is 4.59. The average Bonchev–Trinajstić information content (AvgIpc) is 3.06. The first kappa shape index (κ1) is 18.7. The SMILES string of the molecule is CCC1=[C-]CC=C1CC.CCC1=[C-]CC=C1CC.[Mg+2]. The molecule has 0 aromatic carbocycles. The standard InChI is InChI=1S/2C9H13.Mg/c2*1-3-8-6-5-7-9(8)4-2;/h2*6H,3-5H2,1-2H3;/q2*-1;+2. The first-order valence-corrected chi connectivity index (χ1v) is 7.34. The molecule has 0 heterocycles. The van der Waals surface area contributed by atoms with Crippen LogP contribution in [0.5, 0.6) is 0 Å². The second-order valence-electron chi connectivity index (χ2n) is 4.59. The monoisotopic (exact) mass is 266 g/mol. The van der Waals surface area contributed by atoms with Gasteiger partial charge in [-0.15, -0.1) is 12.8 Å². The Labute approximate surface area is 135 Å². The molecule has 0 atom stereocenters. The van der Waals surface area contributed by atoms with Crippen LogP contribution in [0.1, 0.15) is 66.2 Å². The van der Waals surface area contributed by atoms with E-state index < -0.39 is 0 Å². The van der Waals surface area contributed by atoms with Gasteiger partial charge < -0.3 is 0 Å². The maximum atomic E-state index is 3.33. The van der Waals surface area contributed by atoms with Crippen molar-refractivity contribution in [2.45, 2.75) is 66.2 Å². The molecule has 0 spiro atoms. The Kier molecular flexibility index (Phi) is 10.4.